The number of anilines is 1. The van der Waals surface area contributed by atoms with E-state index in [0.29, 0.717) is 37.8 Å². The predicted molar refractivity (Wildman–Crippen MR) is 237 cm³/mol. The molecule has 60 heavy (non-hydrogen) atoms. The predicted octanol–water partition coefficient (Wildman–Crippen LogP) is 6.95. The number of nitrogens with zero attached hydrogens (tertiary/aromatic N) is 6. The van der Waals surface area contributed by atoms with Gasteiger partial charge in [-0.15, -0.1) is 11.3 Å². The van der Waals surface area contributed by atoms with Crippen LogP contribution in [-0.2, 0) is 38.5 Å². The summed E-state index contributed by atoms with van der Waals surface area (Å²) in [6, 6.07) is 8.17. The molecule has 1 saturated carbocycles. The van der Waals surface area contributed by atoms with Crippen molar-refractivity contribution in [3.63, 3.8) is 0 Å². The van der Waals surface area contributed by atoms with E-state index >= 15 is 0 Å². The van der Waals surface area contributed by atoms with Gasteiger partial charge in [0.05, 0.1) is 40.6 Å². The molecular formula is C47H62N8O4S. The molecule has 7 heterocycles. The molecule has 4 aliphatic heterocycles. The van der Waals surface area contributed by atoms with Gasteiger partial charge in [0.15, 0.2) is 0 Å². The molecule has 1 aliphatic carbocycles. The number of esters is 1. The minimum absolute atomic E-state index is 0.0820. The second-order valence-electron chi connectivity index (χ2n) is 19.2. The van der Waals surface area contributed by atoms with Crippen molar-refractivity contribution >= 4 is 45.7 Å². The number of carbonyl (C=O) groups excluding carboxylic acids is 3. The zero-order valence-corrected chi connectivity index (χ0v) is 37.1. The van der Waals surface area contributed by atoms with Crippen LogP contribution in [0.4, 0.5) is 5.69 Å². The van der Waals surface area contributed by atoms with E-state index in [1.165, 1.54) is 64.7 Å². The van der Waals surface area contributed by atoms with E-state index in [9.17, 15) is 14.4 Å². The molecule has 0 spiro atoms. The molecule has 0 radical (unpaired) electrons. The molecule has 9 rings (SSSR count). The summed E-state index contributed by atoms with van der Waals surface area (Å²) in [5.41, 5.74) is 11.6. The number of thiazole rings is 1. The quantitative estimate of drug-likeness (QED) is 0.199. The number of fused-ring (bicyclic) bond motifs is 7. The third-order valence-electron chi connectivity index (χ3n) is 13.7. The number of pyridine rings is 1. The van der Waals surface area contributed by atoms with Crippen molar-refractivity contribution in [3.05, 3.63) is 52.1 Å². The number of carbonyl (C=O) groups is 3. The van der Waals surface area contributed by atoms with Crippen LogP contribution in [-0.4, -0.2) is 99.7 Å². The van der Waals surface area contributed by atoms with Crippen LogP contribution >= 0.6 is 11.3 Å². The second-order valence-corrected chi connectivity index (χ2v) is 20.1. The Morgan fingerprint density at radius 2 is 1.92 bits per heavy atom. The third kappa shape index (κ3) is 8.09. The van der Waals surface area contributed by atoms with Crippen LogP contribution < -0.4 is 15.6 Å². The van der Waals surface area contributed by atoms with Crippen LogP contribution in [0.25, 0.3) is 33.4 Å². The van der Waals surface area contributed by atoms with Gasteiger partial charge in [-0.05, 0) is 87.6 Å². The van der Waals surface area contributed by atoms with Crippen LogP contribution in [0, 0.1) is 17.3 Å². The maximum atomic E-state index is 14.2. The maximum Gasteiger partial charge on any atom is 0.324 e. The largest absolute Gasteiger partial charge is 0.464 e. The number of aromatic nitrogens is 3. The van der Waals surface area contributed by atoms with Gasteiger partial charge in [0.2, 0.25) is 5.91 Å². The Morgan fingerprint density at radius 1 is 1.08 bits per heavy atom. The molecule has 6 bridgehead atoms. The Bertz CT molecular complexity index is 2280. The van der Waals surface area contributed by atoms with Crippen LogP contribution in [0.5, 0.6) is 0 Å². The van der Waals surface area contributed by atoms with E-state index in [1.54, 1.807) is 0 Å². The lowest BCUT2D eigenvalue weighted by atomic mass is 9.84. The molecule has 320 valence electrons. The number of hydrazine groups is 1. The van der Waals surface area contributed by atoms with Crippen molar-refractivity contribution in [3.8, 4) is 22.5 Å². The Balaban J connectivity index is 1.15. The van der Waals surface area contributed by atoms with Gasteiger partial charge in [-0.25, -0.2) is 10.4 Å². The molecular weight excluding hydrogens is 773 g/mol. The van der Waals surface area contributed by atoms with Crippen molar-refractivity contribution in [1.82, 2.24) is 35.2 Å². The maximum absolute atomic E-state index is 14.2. The van der Waals surface area contributed by atoms with E-state index in [0.717, 1.165) is 65.5 Å². The minimum Gasteiger partial charge on any atom is -0.464 e. The van der Waals surface area contributed by atoms with Gasteiger partial charge < -0.3 is 19.5 Å². The second kappa shape index (κ2) is 16.5. The van der Waals surface area contributed by atoms with Gasteiger partial charge in [0.1, 0.15) is 12.1 Å². The number of hydrogen-bond donors (Lipinski definition) is 2. The monoisotopic (exact) mass is 834 g/mol. The molecule has 3 saturated heterocycles. The molecule has 1 aromatic carbocycles. The molecule has 13 heteroatoms. The molecule has 2 N–H and O–H groups in total. The average Bonchev–Trinajstić information content (AvgIpc) is 3.67. The van der Waals surface area contributed by atoms with E-state index in [-0.39, 0.29) is 42.6 Å². The van der Waals surface area contributed by atoms with E-state index in [4.69, 9.17) is 14.7 Å². The highest BCUT2D eigenvalue weighted by molar-refractivity contribution is 7.10. The van der Waals surface area contributed by atoms with E-state index in [2.05, 4.69) is 102 Å². The summed E-state index contributed by atoms with van der Waals surface area (Å²) < 4.78 is 8.63. The highest BCUT2D eigenvalue weighted by Gasteiger charge is 2.42. The highest BCUT2D eigenvalue weighted by Crippen LogP contribution is 2.43. The van der Waals surface area contributed by atoms with Gasteiger partial charge in [-0.1, -0.05) is 47.1 Å². The molecule has 2 amide bonds. The first-order chi connectivity index (χ1) is 28.9. The molecule has 3 aromatic heterocycles. The van der Waals surface area contributed by atoms with Crippen LogP contribution in [0.1, 0.15) is 102 Å². The number of aryl methyl sites for hydroxylation is 1. The molecule has 12 nitrogen and oxygen atoms in total. The van der Waals surface area contributed by atoms with Gasteiger partial charge in [0.25, 0.3) is 5.91 Å². The van der Waals surface area contributed by atoms with Crippen LogP contribution in [0.15, 0.2) is 35.8 Å². The van der Waals surface area contributed by atoms with Crippen LogP contribution in [0.3, 0.4) is 0 Å². The average molecular weight is 835 g/mol. The summed E-state index contributed by atoms with van der Waals surface area (Å²) in [6.07, 6.45) is 8.90. The zero-order valence-electron chi connectivity index (χ0n) is 36.3. The van der Waals surface area contributed by atoms with Gasteiger partial charge in [-0.3, -0.25) is 29.3 Å². The molecule has 4 aromatic rings. The smallest absolute Gasteiger partial charge is 0.324 e. The number of piperidine rings is 1. The molecule has 5 atom stereocenters. The topological polar surface area (TPSA) is 125 Å². The summed E-state index contributed by atoms with van der Waals surface area (Å²) in [5.74, 6) is -0.303. The Hall–Kier alpha value is -4.33. The normalized spacial score (nSPS) is 26.1. The summed E-state index contributed by atoms with van der Waals surface area (Å²) >= 11 is 1.51. The lowest BCUT2D eigenvalue weighted by Gasteiger charge is -2.45. The number of ether oxygens (including phenoxy) is 1. The zero-order chi connectivity index (χ0) is 41.9. The molecule has 4 fully saturated rings. The third-order valence-corrected chi connectivity index (χ3v) is 14.5. The SMILES string of the molecule is CCn1c(-c2cc(N3CCN4CCCC[C@@H]4C3)cnc2C(C)C)c2c3cc(ccc31)-c1csc(n1)C[C@H](NC(=O)[C@H]1C[C@@H]1C)C(=O)N1CCC[C@H](N1)C(=O)OCC(C)(C)C2. The fraction of sp³-hybridized carbons (Fsp3) is 0.596. The Kier molecular flexibility index (Phi) is 11.3. The van der Waals surface area contributed by atoms with Crippen molar-refractivity contribution in [1.29, 1.82) is 0 Å². The molecule has 0 unspecified atom stereocenters. The first-order valence-electron chi connectivity index (χ1n) is 22.5. The number of benzene rings is 1. The minimum atomic E-state index is -0.814. The number of piperazine rings is 1. The Morgan fingerprint density at radius 3 is 2.70 bits per heavy atom. The standard InChI is InChI=1S/C47H62N8O4S/c1-7-54-40-14-13-30-20-34(40)36(43(54)35-21-32(24-48-42(35)28(2)3)53-18-17-52-15-9-8-11-31(52)25-53)23-47(5,6)27-59-46(58)37-12-10-16-55(51-37)45(57)38(22-41-49-39(30)26-60-41)50-44(56)33-19-29(33)4/h13-14,20-21,24,26,28-29,31,33,37-38,51H,7-12,15-19,22-23,25,27H2,1-6H3,(H,50,56)/t29-,31+,33-,37-,38-/m0/s1. The van der Waals surface area contributed by atoms with Crippen molar-refractivity contribution < 1.29 is 19.1 Å². The first kappa shape index (κ1) is 41.0. The van der Waals surface area contributed by atoms with Crippen molar-refractivity contribution in [2.45, 2.75) is 123 Å². The van der Waals surface area contributed by atoms with Gasteiger partial charge >= 0.3 is 5.97 Å². The fourth-order valence-electron chi connectivity index (χ4n) is 10.2. The number of amides is 2. The summed E-state index contributed by atoms with van der Waals surface area (Å²) in [4.78, 5) is 56.9. The number of nitrogens with one attached hydrogen (secondary N) is 2. The molecule has 5 aliphatic rings. The van der Waals surface area contributed by atoms with Crippen molar-refractivity contribution in [2.75, 3.05) is 44.2 Å². The summed E-state index contributed by atoms with van der Waals surface area (Å²) in [5, 5.41) is 8.58. The number of hydrogen-bond acceptors (Lipinski definition) is 10. The fourth-order valence-corrected chi connectivity index (χ4v) is 11.0. The number of rotatable bonds is 6. The van der Waals surface area contributed by atoms with E-state index in [1.807, 2.05) is 0 Å². The summed E-state index contributed by atoms with van der Waals surface area (Å²) in [6.45, 7) is 18.8. The first-order valence-corrected chi connectivity index (χ1v) is 23.4. The lowest BCUT2D eigenvalue weighted by molar-refractivity contribution is -0.155. The number of cyclic esters (lactones) is 1. The highest BCUT2D eigenvalue weighted by atomic mass is 32.1. The van der Waals surface area contributed by atoms with Gasteiger partial charge in [-0.2, -0.15) is 0 Å². The van der Waals surface area contributed by atoms with Crippen LogP contribution in [0.2, 0.25) is 0 Å². The summed E-state index contributed by atoms with van der Waals surface area (Å²) in [7, 11) is 0. The Labute approximate surface area is 358 Å². The van der Waals surface area contributed by atoms with E-state index < -0.39 is 17.5 Å². The van der Waals surface area contributed by atoms with Crippen molar-refractivity contribution in [2.24, 2.45) is 17.3 Å². The lowest BCUT2D eigenvalue weighted by Crippen LogP contribution is -2.60. The van der Waals surface area contributed by atoms with Gasteiger partial charge in [0, 0.05) is 83.9 Å².